The monoisotopic (exact) mass is 634 g/mol. The third-order valence-electron chi connectivity index (χ3n) is 8.95. The molecular weight excluding hydrogens is 572 g/mol. The van der Waals surface area contributed by atoms with E-state index in [-0.39, 0.29) is 11.6 Å². The Morgan fingerprint density at radius 1 is 0.468 bits per heavy atom. The number of hydrogen-bond acceptors (Lipinski definition) is 2. The lowest BCUT2D eigenvalue weighted by molar-refractivity contribution is 0.0983. The SMILES string of the molecule is CC(C)=CCC/C(C)=C/CC/C(C)=C/CC/C(C)=C/CC/C(C)=C/CC/C(C)=C/CC/C(C)=C/CC1=CC(=O)c2ccccc2C1=O. The molecule has 0 atom stereocenters. The Kier molecular flexibility index (Phi) is 18.7. The molecule has 1 aromatic rings. The van der Waals surface area contributed by atoms with Gasteiger partial charge in [-0.2, -0.15) is 0 Å². The van der Waals surface area contributed by atoms with E-state index in [9.17, 15) is 9.59 Å². The summed E-state index contributed by atoms with van der Waals surface area (Å²) in [4.78, 5) is 25.2. The van der Waals surface area contributed by atoms with E-state index in [0.29, 0.717) is 23.1 Å². The molecule has 0 amide bonds. The van der Waals surface area contributed by atoms with Gasteiger partial charge in [0.15, 0.2) is 11.6 Å². The van der Waals surface area contributed by atoms with Gasteiger partial charge in [0.05, 0.1) is 0 Å². The molecular formula is C45H62O2. The van der Waals surface area contributed by atoms with Gasteiger partial charge in [-0.25, -0.2) is 0 Å². The molecule has 1 aliphatic rings. The van der Waals surface area contributed by atoms with Crippen molar-refractivity contribution in [2.75, 3.05) is 0 Å². The minimum Gasteiger partial charge on any atom is -0.289 e. The number of carbonyl (C=O) groups excluding carboxylic acids is 2. The predicted octanol–water partition coefficient (Wildman–Crippen LogP) is 13.7. The number of rotatable bonds is 20. The minimum absolute atomic E-state index is 0.0245. The minimum atomic E-state index is -0.0691. The first-order valence-electron chi connectivity index (χ1n) is 17.9. The molecule has 0 saturated heterocycles. The van der Waals surface area contributed by atoms with Gasteiger partial charge < -0.3 is 0 Å². The highest BCUT2D eigenvalue weighted by Gasteiger charge is 2.24. The first-order valence-corrected chi connectivity index (χ1v) is 17.9. The van der Waals surface area contributed by atoms with Crippen molar-refractivity contribution in [2.45, 2.75) is 139 Å². The van der Waals surface area contributed by atoms with Crippen molar-refractivity contribution in [3.8, 4) is 0 Å². The summed E-state index contributed by atoms with van der Waals surface area (Å²) < 4.78 is 0. The third kappa shape index (κ3) is 16.7. The van der Waals surface area contributed by atoms with Crippen LogP contribution in [0.1, 0.15) is 160 Å². The van der Waals surface area contributed by atoms with Crippen molar-refractivity contribution in [3.05, 3.63) is 129 Å². The van der Waals surface area contributed by atoms with Crippen molar-refractivity contribution < 1.29 is 9.59 Å². The van der Waals surface area contributed by atoms with Crippen LogP contribution in [0.4, 0.5) is 0 Å². The first-order chi connectivity index (χ1) is 22.5. The van der Waals surface area contributed by atoms with E-state index in [4.69, 9.17) is 0 Å². The average Bonchev–Trinajstić information content (AvgIpc) is 3.02. The van der Waals surface area contributed by atoms with Crippen LogP contribution in [0.25, 0.3) is 0 Å². The van der Waals surface area contributed by atoms with Crippen molar-refractivity contribution in [1.29, 1.82) is 0 Å². The van der Waals surface area contributed by atoms with E-state index in [2.05, 4.69) is 97.9 Å². The van der Waals surface area contributed by atoms with Crippen LogP contribution < -0.4 is 0 Å². The van der Waals surface area contributed by atoms with Crippen LogP contribution in [-0.2, 0) is 0 Å². The maximum Gasteiger partial charge on any atom is 0.190 e. The lowest BCUT2D eigenvalue weighted by Crippen LogP contribution is -2.16. The van der Waals surface area contributed by atoms with Crippen LogP contribution in [0, 0.1) is 0 Å². The Hall–Kier alpha value is -3.52. The largest absolute Gasteiger partial charge is 0.289 e. The summed E-state index contributed by atoms with van der Waals surface area (Å²) in [6.45, 7) is 17.8. The molecule has 254 valence electrons. The average molecular weight is 635 g/mol. The van der Waals surface area contributed by atoms with E-state index in [1.165, 1.54) is 57.9 Å². The number of fused-ring (bicyclic) bond motifs is 1. The Morgan fingerprint density at radius 3 is 1.19 bits per heavy atom. The van der Waals surface area contributed by atoms with E-state index in [0.717, 1.165) is 64.2 Å². The molecule has 2 rings (SSSR count). The second-order valence-corrected chi connectivity index (χ2v) is 13.9. The molecule has 0 unspecified atom stereocenters. The summed E-state index contributed by atoms with van der Waals surface area (Å²) in [6, 6.07) is 7.10. The van der Waals surface area contributed by atoms with Crippen LogP contribution in [0.2, 0.25) is 0 Å². The highest BCUT2D eigenvalue weighted by Crippen LogP contribution is 2.24. The fraction of sp³-hybridized carbons (Fsp3) is 0.467. The van der Waals surface area contributed by atoms with E-state index in [1.807, 2.05) is 6.07 Å². The number of benzene rings is 1. The Morgan fingerprint density at radius 2 is 0.809 bits per heavy atom. The maximum atomic E-state index is 12.8. The molecule has 0 aliphatic heterocycles. The third-order valence-corrected chi connectivity index (χ3v) is 8.95. The quantitative estimate of drug-likeness (QED) is 0.134. The summed E-state index contributed by atoms with van der Waals surface area (Å²) in [6.07, 6.45) is 31.8. The zero-order valence-electron chi connectivity index (χ0n) is 30.9. The fourth-order valence-electron chi connectivity index (χ4n) is 5.74. The summed E-state index contributed by atoms with van der Waals surface area (Å²) in [5.41, 5.74) is 11.7. The molecule has 0 radical (unpaired) electrons. The van der Waals surface area contributed by atoms with Gasteiger partial charge in [-0.3, -0.25) is 9.59 Å². The van der Waals surface area contributed by atoms with E-state index >= 15 is 0 Å². The number of Topliss-reactive ketones (excluding diaryl/α,β-unsaturated/α-hetero) is 1. The highest BCUT2D eigenvalue weighted by molar-refractivity contribution is 6.24. The zero-order valence-corrected chi connectivity index (χ0v) is 30.9. The standard InChI is InChI=1S/C45H62O2/c1-34(2)17-11-18-35(3)19-12-20-36(4)21-13-22-37(5)23-14-24-38(6)25-15-26-39(7)27-16-28-40(8)31-32-41-33-44(46)42-29-9-10-30-43(42)45(41)47/h9-10,17,19,21,23,25,27,29-31,33H,11-16,18,20,22,24,26,28,32H2,1-8H3/b35-19+,36-21+,37-23+,38-25+,39-27+,40-31+. The van der Waals surface area contributed by atoms with Crippen LogP contribution in [0.3, 0.4) is 0 Å². The van der Waals surface area contributed by atoms with Crippen molar-refractivity contribution in [2.24, 2.45) is 0 Å². The second-order valence-electron chi connectivity index (χ2n) is 13.9. The molecule has 1 aromatic carbocycles. The zero-order chi connectivity index (χ0) is 34.6. The molecule has 0 N–H and O–H groups in total. The molecule has 0 spiro atoms. The molecule has 1 aliphatic carbocycles. The Labute approximate surface area is 287 Å². The summed E-state index contributed by atoms with van der Waals surface area (Å²) in [5.74, 6) is -0.0936. The van der Waals surface area contributed by atoms with Gasteiger partial charge in [0.2, 0.25) is 0 Å². The molecule has 47 heavy (non-hydrogen) atoms. The number of carbonyl (C=O) groups is 2. The van der Waals surface area contributed by atoms with Crippen molar-refractivity contribution in [1.82, 2.24) is 0 Å². The van der Waals surface area contributed by atoms with Crippen molar-refractivity contribution >= 4 is 11.6 Å². The molecule has 0 saturated carbocycles. The van der Waals surface area contributed by atoms with Crippen LogP contribution in [0.5, 0.6) is 0 Å². The summed E-state index contributed by atoms with van der Waals surface area (Å²) in [5, 5.41) is 0. The lowest BCUT2D eigenvalue weighted by atomic mass is 9.88. The Bertz CT molecular complexity index is 1440. The Balaban J connectivity index is 1.62. The predicted molar refractivity (Wildman–Crippen MR) is 205 cm³/mol. The number of allylic oxidation sites excluding steroid dienone is 16. The molecule has 2 heteroatoms. The highest BCUT2D eigenvalue weighted by atomic mass is 16.1. The van der Waals surface area contributed by atoms with Crippen LogP contribution in [-0.4, -0.2) is 11.6 Å². The number of hydrogen-bond donors (Lipinski definition) is 0. The summed E-state index contributed by atoms with van der Waals surface area (Å²) in [7, 11) is 0. The van der Waals surface area contributed by atoms with Gasteiger partial charge in [0, 0.05) is 16.7 Å². The van der Waals surface area contributed by atoms with Gasteiger partial charge in [-0.15, -0.1) is 0 Å². The topological polar surface area (TPSA) is 34.1 Å². The van der Waals surface area contributed by atoms with Gasteiger partial charge in [0.25, 0.3) is 0 Å². The van der Waals surface area contributed by atoms with Crippen LogP contribution in [0.15, 0.2) is 117 Å². The molecule has 0 aromatic heterocycles. The van der Waals surface area contributed by atoms with Gasteiger partial charge >= 0.3 is 0 Å². The lowest BCUT2D eigenvalue weighted by Gasteiger charge is -2.14. The first kappa shape index (κ1) is 39.7. The molecule has 0 bridgehead atoms. The number of ketones is 2. The van der Waals surface area contributed by atoms with E-state index in [1.54, 1.807) is 18.2 Å². The van der Waals surface area contributed by atoms with Gasteiger partial charge in [-0.1, -0.05) is 106 Å². The molecule has 2 nitrogen and oxygen atoms in total. The normalized spacial score (nSPS) is 15.2. The van der Waals surface area contributed by atoms with Crippen LogP contribution >= 0.6 is 0 Å². The molecule has 0 heterocycles. The second kappa shape index (κ2) is 22.1. The fourth-order valence-corrected chi connectivity index (χ4v) is 5.74. The summed E-state index contributed by atoms with van der Waals surface area (Å²) >= 11 is 0. The molecule has 0 fully saturated rings. The smallest absolute Gasteiger partial charge is 0.190 e. The van der Waals surface area contributed by atoms with Crippen molar-refractivity contribution in [3.63, 3.8) is 0 Å². The van der Waals surface area contributed by atoms with Gasteiger partial charge in [-0.05, 0) is 145 Å². The van der Waals surface area contributed by atoms with E-state index < -0.39 is 0 Å². The van der Waals surface area contributed by atoms with Gasteiger partial charge in [0.1, 0.15) is 0 Å². The maximum absolute atomic E-state index is 12.8.